The van der Waals surface area contributed by atoms with E-state index in [9.17, 15) is 4.79 Å². The first kappa shape index (κ1) is 9.85. The molecule has 0 aliphatic rings. The van der Waals surface area contributed by atoms with Crippen LogP contribution in [-0.4, -0.2) is 33.0 Å². The van der Waals surface area contributed by atoms with Crippen LogP contribution in [-0.2, 0) is 0 Å². The van der Waals surface area contributed by atoms with E-state index in [2.05, 4.69) is 20.5 Å². The minimum Gasteiger partial charge on any atom is -0.305 e. The average Bonchev–Trinajstić information content (AvgIpc) is 2.50. The average molecular weight is 182 g/mol. The number of hydrogen-bond acceptors (Lipinski definition) is 4. The zero-order valence-corrected chi connectivity index (χ0v) is 8.09. The van der Waals surface area contributed by atoms with Crippen LogP contribution in [0.2, 0.25) is 0 Å². The van der Waals surface area contributed by atoms with Crippen LogP contribution in [0.5, 0.6) is 0 Å². The van der Waals surface area contributed by atoms with Gasteiger partial charge in [0.25, 0.3) is 0 Å². The molecule has 0 aromatic carbocycles. The molecule has 0 bridgehead atoms. The van der Waals surface area contributed by atoms with Gasteiger partial charge in [-0.25, -0.2) is 4.98 Å². The van der Waals surface area contributed by atoms with Gasteiger partial charge in [-0.2, -0.15) is 5.10 Å². The number of carbonyl (C=O) groups is 1. The quantitative estimate of drug-likeness (QED) is 0.663. The molecule has 1 rings (SSSR count). The fraction of sp³-hybridized carbons (Fsp3) is 0.625. The fourth-order valence-corrected chi connectivity index (χ4v) is 0.769. The molecule has 0 aliphatic carbocycles. The molecule has 0 radical (unpaired) electrons. The predicted octanol–water partition coefficient (Wildman–Crippen LogP) is 0.376. The number of Topliss-reactive ketones (excluding diaryl/α,β-unsaturated/α-hetero) is 1. The minimum atomic E-state index is -0.0765. The number of aromatic nitrogens is 3. The van der Waals surface area contributed by atoms with Gasteiger partial charge in [0.2, 0.25) is 5.78 Å². The van der Waals surface area contributed by atoms with Crippen LogP contribution in [0.15, 0.2) is 6.33 Å². The maximum absolute atomic E-state index is 11.4. The third-order valence-corrected chi connectivity index (χ3v) is 1.46. The molecule has 0 fully saturated rings. The van der Waals surface area contributed by atoms with Crippen molar-refractivity contribution in [3.05, 3.63) is 12.2 Å². The van der Waals surface area contributed by atoms with Crippen LogP contribution in [0.1, 0.15) is 31.4 Å². The Balaban J connectivity index is 2.44. The van der Waals surface area contributed by atoms with Gasteiger partial charge >= 0.3 is 0 Å². The highest BCUT2D eigenvalue weighted by molar-refractivity contribution is 5.93. The summed E-state index contributed by atoms with van der Waals surface area (Å²) in [6.07, 6.45) is 1.32. The first-order valence-electron chi connectivity index (χ1n) is 4.12. The predicted molar refractivity (Wildman–Crippen MR) is 48.5 cm³/mol. The molecule has 0 amide bonds. The van der Waals surface area contributed by atoms with Crippen molar-refractivity contribution in [2.75, 3.05) is 6.54 Å². The summed E-state index contributed by atoms with van der Waals surface area (Å²) >= 11 is 0. The summed E-state index contributed by atoms with van der Waals surface area (Å²) in [5, 5.41) is 9.20. The van der Waals surface area contributed by atoms with E-state index in [1.807, 2.05) is 20.8 Å². The summed E-state index contributed by atoms with van der Waals surface area (Å²) in [7, 11) is 0. The molecule has 0 unspecified atom stereocenters. The zero-order valence-electron chi connectivity index (χ0n) is 8.09. The summed E-state index contributed by atoms with van der Waals surface area (Å²) in [6.45, 7) is 6.28. The second-order valence-corrected chi connectivity index (χ2v) is 3.86. The van der Waals surface area contributed by atoms with Crippen LogP contribution >= 0.6 is 0 Å². The lowest BCUT2D eigenvalue weighted by Crippen LogP contribution is -2.39. The van der Waals surface area contributed by atoms with E-state index in [-0.39, 0.29) is 17.9 Å². The molecular weight excluding hydrogens is 168 g/mol. The molecule has 2 N–H and O–H groups in total. The lowest BCUT2D eigenvalue weighted by Gasteiger charge is -2.19. The second-order valence-electron chi connectivity index (χ2n) is 3.86. The number of hydrogen-bond donors (Lipinski definition) is 2. The van der Waals surface area contributed by atoms with Gasteiger partial charge in [0.1, 0.15) is 6.33 Å². The highest BCUT2D eigenvalue weighted by Gasteiger charge is 2.13. The molecular formula is C8H14N4O. The van der Waals surface area contributed by atoms with Crippen LogP contribution < -0.4 is 5.32 Å². The van der Waals surface area contributed by atoms with Gasteiger partial charge in [-0.15, -0.1) is 0 Å². The van der Waals surface area contributed by atoms with Gasteiger partial charge < -0.3 is 5.32 Å². The van der Waals surface area contributed by atoms with Gasteiger partial charge in [0.05, 0.1) is 6.54 Å². The molecule has 5 heteroatoms. The van der Waals surface area contributed by atoms with Crippen molar-refractivity contribution in [1.29, 1.82) is 0 Å². The van der Waals surface area contributed by atoms with Crippen LogP contribution in [0.25, 0.3) is 0 Å². The molecule has 0 atom stereocenters. The first-order valence-corrected chi connectivity index (χ1v) is 4.12. The summed E-state index contributed by atoms with van der Waals surface area (Å²) < 4.78 is 0. The largest absolute Gasteiger partial charge is 0.305 e. The Bertz CT molecular complexity index is 273. The smallest absolute Gasteiger partial charge is 0.213 e. The Morgan fingerprint density at radius 1 is 1.62 bits per heavy atom. The lowest BCUT2D eigenvalue weighted by atomic mass is 10.1. The Morgan fingerprint density at radius 2 is 2.31 bits per heavy atom. The molecule has 1 heterocycles. The highest BCUT2D eigenvalue weighted by atomic mass is 16.1. The summed E-state index contributed by atoms with van der Waals surface area (Å²) in [5.41, 5.74) is -0.0598. The minimum absolute atomic E-state index is 0.0598. The summed E-state index contributed by atoms with van der Waals surface area (Å²) in [6, 6.07) is 0. The van der Waals surface area contributed by atoms with Crippen molar-refractivity contribution in [3.63, 3.8) is 0 Å². The Hall–Kier alpha value is -1.23. The maximum atomic E-state index is 11.4. The molecule has 0 saturated heterocycles. The first-order chi connectivity index (χ1) is 5.99. The number of carbonyl (C=O) groups excluding carboxylic acids is 1. The molecule has 72 valence electrons. The zero-order chi connectivity index (χ0) is 9.90. The van der Waals surface area contributed by atoms with Crippen LogP contribution in [0.3, 0.4) is 0 Å². The van der Waals surface area contributed by atoms with Crippen molar-refractivity contribution in [2.45, 2.75) is 26.3 Å². The number of nitrogens with one attached hydrogen (secondary N) is 2. The van der Waals surface area contributed by atoms with E-state index >= 15 is 0 Å². The fourth-order valence-electron chi connectivity index (χ4n) is 0.769. The number of H-pyrrole nitrogens is 1. The SMILES string of the molecule is CC(C)(C)NCC(=O)c1ncn[nH]1. The summed E-state index contributed by atoms with van der Waals surface area (Å²) in [5.74, 6) is 0.226. The number of ketones is 1. The van der Waals surface area contributed by atoms with Crippen LogP contribution in [0, 0.1) is 0 Å². The van der Waals surface area contributed by atoms with Crippen molar-refractivity contribution in [3.8, 4) is 0 Å². The number of rotatable bonds is 3. The second kappa shape index (κ2) is 3.66. The van der Waals surface area contributed by atoms with E-state index in [0.29, 0.717) is 5.82 Å². The van der Waals surface area contributed by atoms with Crippen molar-refractivity contribution >= 4 is 5.78 Å². The maximum Gasteiger partial charge on any atom is 0.213 e. The van der Waals surface area contributed by atoms with Gasteiger partial charge in [-0.05, 0) is 20.8 Å². The van der Waals surface area contributed by atoms with Gasteiger partial charge in [0.15, 0.2) is 5.82 Å². The Kier molecular flexibility index (Phi) is 2.77. The number of aromatic amines is 1. The van der Waals surface area contributed by atoms with E-state index in [1.54, 1.807) is 0 Å². The van der Waals surface area contributed by atoms with Crippen LogP contribution in [0.4, 0.5) is 0 Å². The van der Waals surface area contributed by atoms with E-state index in [4.69, 9.17) is 0 Å². The van der Waals surface area contributed by atoms with Crippen molar-refractivity contribution < 1.29 is 4.79 Å². The van der Waals surface area contributed by atoms with Crippen molar-refractivity contribution in [1.82, 2.24) is 20.5 Å². The third kappa shape index (κ3) is 3.33. The third-order valence-electron chi connectivity index (χ3n) is 1.46. The molecule has 13 heavy (non-hydrogen) atoms. The standard InChI is InChI=1S/C8H14N4O/c1-8(2,3)10-4-6(13)7-9-5-11-12-7/h5,10H,4H2,1-3H3,(H,9,11,12). The molecule has 1 aromatic heterocycles. The van der Waals surface area contributed by atoms with E-state index in [1.165, 1.54) is 6.33 Å². The normalized spacial score (nSPS) is 11.6. The Labute approximate surface area is 76.9 Å². The van der Waals surface area contributed by atoms with Crippen molar-refractivity contribution in [2.24, 2.45) is 0 Å². The number of nitrogens with zero attached hydrogens (tertiary/aromatic N) is 2. The molecule has 0 saturated carbocycles. The molecule has 1 aromatic rings. The highest BCUT2D eigenvalue weighted by Crippen LogP contribution is 1.98. The van der Waals surface area contributed by atoms with Gasteiger partial charge in [-0.1, -0.05) is 0 Å². The molecule has 0 aliphatic heterocycles. The van der Waals surface area contributed by atoms with E-state index < -0.39 is 0 Å². The Morgan fingerprint density at radius 3 is 2.77 bits per heavy atom. The monoisotopic (exact) mass is 182 g/mol. The lowest BCUT2D eigenvalue weighted by molar-refractivity contribution is 0.0972. The van der Waals surface area contributed by atoms with E-state index in [0.717, 1.165) is 0 Å². The topological polar surface area (TPSA) is 70.7 Å². The van der Waals surface area contributed by atoms with Gasteiger partial charge in [0, 0.05) is 5.54 Å². The summed E-state index contributed by atoms with van der Waals surface area (Å²) in [4.78, 5) is 15.1. The molecule has 5 nitrogen and oxygen atoms in total. The molecule has 0 spiro atoms. The van der Waals surface area contributed by atoms with Gasteiger partial charge in [-0.3, -0.25) is 9.89 Å².